The van der Waals surface area contributed by atoms with Crippen LogP contribution >= 0.6 is 0 Å². The molecule has 1 aliphatic heterocycles. The van der Waals surface area contributed by atoms with Crippen molar-refractivity contribution in [1.82, 2.24) is 5.32 Å². The minimum absolute atomic E-state index is 0.00711. The summed E-state index contributed by atoms with van der Waals surface area (Å²) in [5.74, 6) is 1.24. The van der Waals surface area contributed by atoms with Crippen molar-refractivity contribution < 1.29 is 19.0 Å². The molecule has 1 amide bonds. The SMILES string of the molecule is CCOc1cc2c(cc1/C=C(\C#N)C(=O)NC)OCO2. The van der Waals surface area contributed by atoms with Crippen LogP contribution in [0.15, 0.2) is 17.7 Å². The van der Waals surface area contributed by atoms with Crippen LogP contribution < -0.4 is 19.5 Å². The molecule has 0 bridgehead atoms. The fourth-order valence-electron chi connectivity index (χ4n) is 1.77. The van der Waals surface area contributed by atoms with Gasteiger partial charge in [0.15, 0.2) is 11.5 Å². The molecule has 1 aliphatic rings. The number of hydrogen-bond donors (Lipinski definition) is 1. The molecule has 20 heavy (non-hydrogen) atoms. The predicted octanol–water partition coefficient (Wildman–Crippen LogP) is 1.47. The van der Waals surface area contributed by atoms with Crippen molar-refractivity contribution in [1.29, 1.82) is 5.26 Å². The van der Waals surface area contributed by atoms with Crippen molar-refractivity contribution in [3.8, 4) is 23.3 Å². The van der Waals surface area contributed by atoms with Gasteiger partial charge >= 0.3 is 0 Å². The molecule has 0 aromatic heterocycles. The van der Waals surface area contributed by atoms with E-state index in [0.717, 1.165) is 0 Å². The largest absolute Gasteiger partial charge is 0.493 e. The lowest BCUT2D eigenvalue weighted by molar-refractivity contribution is -0.116. The highest BCUT2D eigenvalue weighted by Crippen LogP contribution is 2.39. The first-order valence-corrected chi connectivity index (χ1v) is 6.10. The summed E-state index contributed by atoms with van der Waals surface area (Å²) in [5.41, 5.74) is 0.587. The third kappa shape index (κ3) is 2.67. The highest BCUT2D eigenvalue weighted by Gasteiger charge is 2.18. The second kappa shape index (κ2) is 5.97. The van der Waals surface area contributed by atoms with Crippen LogP contribution in [0.25, 0.3) is 6.08 Å². The Labute approximate surface area is 116 Å². The summed E-state index contributed by atoms with van der Waals surface area (Å²) in [6.07, 6.45) is 1.46. The molecule has 104 valence electrons. The summed E-state index contributed by atoms with van der Waals surface area (Å²) in [4.78, 5) is 11.6. The predicted molar refractivity (Wildman–Crippen MR) is 71.4 cm³/mol. The minimum atomic E-state index is -0.451. The summed E-state index contributed by atoms with van der Waals surface area (Å²) in [6, 6.07) is 5.24. The van der Waals surface area contributed by atoms with Crippen LogP contribution in [-0.4, -0.2) is 26.4 Å². The van der Waals surface area contributed by atoms with Gasteiger partial charge in [0.05, 0.1) is 6.61 Å². The van der Waals surface area contributed by atoms with E-state index in [1.807, 2.05) is 13.0 Å². The molecule has 0 unspecified atom stereocenters. The molecule has 0 atom stereocenters. The monoisotopic (exact) mass is 274 g/mol. The van der Waals surface area contributed by atoms with Crippen LogP contribution in [0.2, 0.25) is 0 Å². The van der Waals surface area contributed by atoms with E-state index in [2.05, 4.69) is 5.32 Å². The third-order valence-electron chi connectivity index (χ3n) is 2.70. The highest BCUT2D eigenvalue weighted by molar-refractivity contribution is 6.01. The van der Waals surface area contributed by atoms with Crippen LogP contribution in [-0.2, 0) is 4.79 Å². The number of likely N-dealkylation sites (N-methyl/N-ethyl adjacent to an activating group) is 1. The molecule has 0 fully saturated rings. The summed E-state index contributed by atoms with van der Waals surface area (Å²) in [6.45, 7) is 2.46. The summed E-state index contributed by atoms with van der Waals surface area (Å²) >= 11 is 0. The zero-order valence-corrected chi connectivity index (χ0v) is 11.2. The molecule has 0 saturated heterocycles. The van der Waals surface area contributed by atoms with Crippen molar-refractivity contribution in [2.75, 3.05) is 20.4 Å². The maximum absolute atomic E-state index is 11.6. The Hall–Kier alpha value is -2.68. The highest BCUT2D eigenvalue weighted by atomic mass is 16.7. The molecule has 0 spiro atoms. The molecule has 0 aliphatic carbocycles. The van der Waals surface area contributed by atoms with Gasteiger partial charge < -0.3 is 19.5 Å². The van der Waals surface area contributed by atoms with Gasteiger partial charge in [0.2, 0.25) is 6.79 Å². The number of carbonyl (C=O) groups excluding carboxylic acids is 1. The summed E-state index contributed by atoms with van der Waals surface area (Å²) in [5, 5.41) is 11.4. The van der Waals surface area contributed by atoms with E-state index in [1.165, 1.54) is 13.1 Å². The molecule has 1 aromatic carbocycles. The van der Waals surface area contributed by atoms with Gasteiger partial charge in [0.1, 0.15) is 17.4 Å². The zero-order valence-electron chi connectivity index (χ0n) is 11.2. The van der Waals surface area contributed by atoms with Gasteiger partial charge in [-0.3, -0.25) is 4.79 Å². The Kier molecular flexibility index (Phi) is 4.11. The average molecular weight is 274 g/mol. The molecule has 0 saturated carbocycles. The van der Waals surface area contributed by atoms with E-state index in [0.29, 0.717) is 29.4 Å². The second-order valence-corrected chi connectivity index (χ2v) is 3.93. The molecule has 1 aromatic rings. The molecule has 6 heteroatoms. The molecule has 1 N–H and O–H groups in total. The number of carbonyl (C=O) groups is 1. The maximum Gasteiger partial charge on any atom is 0.261 e. The van der Waals surface area contributed by atoms with Gasteiger partial charge in [-0.15, -0.1) is 0 Å². The van der Waals surface area contributed by atoms with Crippen LogP contribution in [0.1, 0.15) is 12.5 Å². The number of nitrogens with one attached hydrogen (secondary N) is 1. The van der Waals surface area contributed by atoms with E-state index in [-0.39, 0.29) is 12.4 Å². The number of rotatable bonds is 4. The lowest BCUT2D eigenvalue weighted by atomic mass is 10.1. The molecule has 6 nitrogen and oxygen atoms in total. The third-order valence-corrected chi connectivity index (χ3v) is 2.70. The van der Waals surface area contributed by atoms with Gasteiger partial charge in [-0.05, 0) is 19.1 Å². The summed E-state index contributed by atoms with van der Waals surface area (Å²) in [7, 11) is 1.47. The molecular weight excluding hydrogens is 260 g/mol. The second-order valence-electron chi connectivity index (χ2n) is 3.93. The lowest BCUT2D eigenvalue weighted by Gasteiger charge is -2.09. The number of benzene rings is 1. The lowest BCUT2D eigenvalue weighted by Crippen LogP contribution is -2.19. The number of amides is 1. The number of ether oxygens (including phenoxy) is 3. The molecule has 1 heterocycles. The number of hydrogen-bond acceptors (Lipinski definition) is 5. The molecule has 2 rings (SSSR count). The van der Waals surface area contributed by atoms with E-state index < -0.39 is 5.91 Å². The van der Waals surface area contributed by atoms with E-state index in [1.54, 1.807) is 12.1 Å². The van der Waals surface area contributed by atoms with Gasteiger partial charge in [0.25, 0.3) is 5.91 Å². The Bertz CT molecular complexity index is 602. The smallest absolute Gasteiger partial charge is 0.261 e. The maximum atomic E-state index is 11.6. The first kappa shape index (κ1) is 13.7. The fraction of sp³-hybridized carbons (Fsp3) is 0.286. The Balaban J connectivity index is 2.47. The van der Waals surface area contributed by atoms with Crippen LogP contribution in [0, 0.1) is 11.3 Å². The molecule has 0 radical (unpaired) electrons. The van der Waals surface area contributed by atoms with E-state index >= 15 is 0 Å². The van der Waals surface area contributed by atoms with Crippen molar-refractivity contribution in [3.05, 3.63) is 23.3 Å². The van der Waals surface area contributed by atoms with Crippen LogP contribution in [0.4, 0.5) is 0 Å². The van der Waals surface area contributed by atoms with Gasteiger partial charge in [-0.1, -0.05) is 0 Å². The van der Waals surface area contributed by atoms with Crippen molar-refractivity contribution in [2.45, 2.75) is 6.92 Å². The van der Waals surface area contributed by atoms with Crippen molar-refractivity contribution in [3.63, 3.8) is 0 Å². The standard InChI is InChI=1S/C14H14N2O4/c1-3-18-11-6-13-12(19-8-20-13)5-9(11)4-10(7-15)14(17)16-2/h4-6H,3,8H2,1-2H3,(H,16,17)/b10-4+. The first-order chi connectivity index (χ1) is 9.69. The number of fused-ring (bicyclic) bond motifs is 1. The minimum Gasteiger partial charge on any atom is -0.493 e. The van der Waals surface area contributed by atoms with E-state index in [4.69, 9.17) is 19.5 Å². The van der Waals surface area contributed by atoms with Crippen molar-refractivity contribution >= 4 is 12.0 Å². The fourth-order valence-corrected chi connectivity index (χ4v) is 1.77. The van der Waals surface area contributed by atoms with Gasteiger partial charge in [0, 0.05) is 18.7 Å². The Morgan fingerprint density at radius 2 is 2.20 bits per heavy atom. The van der Waals surface area contributed by atoms with Gasteiger partial charge in [-0.2, -0.15) is 5.26 Å². The van der Waals surface area contributed by atoms with Crippen molar-refractivity contribution in [2.24, 2.45) is 0 Å². The first-order valence-electron chi connectivity index (χ1n) is 6.10. The Morgan fingerprint density at radius 1 is 1.50 bits per heavy atom. The normalized spacial score (nSPS) is 12.8. The Morgan fingerprint density at radius 3 is 2.80 bits per heavy atom. The summed E-state index contributed by atoms with van der Waals surface area (Å²) < 4.78 is 16.1. The number of nitriles is 1. The number of nitrogens with zero attached hydrogens (tertiary/aromatic N) is 1. The quantitative estimate of drug-likeness (QED) is 0.664. The average Bonchev–Trinajstić information content (AvgIpc) is 2.91. The zero-order chi connectivity index (χ0) is 14.5. The molecular formula is C14H14N2O4. The van der Waals surface area contributed by atoms with E-state index in [9.17, 15) is 4.79 Å². The van der Waals surface area contributed by atoms with Crippen LogP contribution in [0.5, 0.6) is 17.2 Å². The van der Waals surface area contributed by atoms with Gasteiger partial charge in [-0.25, -0.2) is 0 Å². The van der Waals surface area contributed by atoms with Crippen LogP contribution in [0.3, 0.4) is 0 Å². The topological polar surface area (TPSA) is 80.6 Å².